The van der Waals surface area contributed by atoms with E-state index in [2.05, 4.69) is 0 Å². The fourth-order valence-electron chi connectivity index (χ4n) is 0.872. The van der Waals surface area contributed by atoms with Gasteiger partial charge in [0.25, 0.3) is 0 Å². The van der Waals surface area contributed by atoms with Crippen LogP contribution in [0.5, 0.6) is 0 Å². The van der Waals surface area contributed by atoms with E-state index in [1.54, 1.807) is 6.07 Å². The Kier molecular flexibility index (Phi) is 2.87. The van der Waals surface area contributed by atoms with E-state index in [0.717, 1.165) is 5.92 Å². The molecule has 0 aromatic heterocycles. The molecule has 2 N–H and O–H groups in total. The van der Waals surface area contributed by atoms with Crippen LogP contribution in [0.25, 0.3) is 0 Å². The van der Waals surface area contributed by atoms with Crippen molar-refractivity contribution in [2.75, 3.05) is 5.73 Å². The molecule has 5 heteroatoms. The van der Waals surface area contributed by atoms with E-state index in [4.69, 9.17) is 11.0 Å². The molecule has 0 aliphatic carbocycles. The maximum absolute atomic E-state index is 11.8. The minimum atomic E-state index is -4.56. The predicted octanol–water partition coefficient (Wildman–Crippen LogP) is 2.05. The Labute approximate surface area is 84.1 Å². The zero-order valence-corrected chi connectivity index (χ0v) is 7.39. The predicted molar refractivity (Wildman–Crippen MR) is 48.5 cm³/mol. The second-order valence-corrected chi connectivity index (χ2v) is 2.66. The van der Waals surface area contributed by atoms with Crippen molar-refractivity contribution in [1.82, 2.24) is 0 Å². The van der Waals surface area contributed by atoms with Crippen LogP contribution in [0.15, 0.2) is 18.2 Å². The summed E-state index contributed by atoms with van der Waals surface area (Å²) >= 11 is 0. The minimum absolute atomic E-state index is 0.00590. The monoisotopic (exact) mass is 210 g/mol. The van der Waals surface area contributed by atoms with Gasteiger partial charge in [0.2, 0.25) is 0 Å². The van der Waals surface area contributed by atoms with E-state index >= 15 is 0 Å². The maximum Gasteiger partial charge on any atom is 0.458 e. The molecule has 0 unspecified atom stereocenters. The van der Waals surface area contributed by atoms with Crippen LogP contribution in [0.1, 0.15) is 11.1 Å². The second kappa shape index (κ2) is 3.93. The smallest absolute Gasteiger partial charge is 0.398 e. The van der Waals surface area contributed by atoms with Crippen LogP contribution in [-0.2, 0) is 0 Å². The van der Waals surface area contributed by atoms with Crippen LogP contribution in [0.3, 0.4) is 0 Å². The van der Waals surface area contributed by atoms with Gasteiger partial charge in [-0.2, -0.15) is 18.4 Å². The van der Waals surface area contributed by atoms with Gasteiger partial charge in [0, 0.05) is 17.2 Å². The highest BCUT2D eigenvalue weighted by Gasteiger charge is 2.23. The Balaban J connectivity index is 3.14. The Morgan fingerprint density at radius 1 is 1.27 bits per heavy atom. The fraction of sp³-hybridized carbons (Fsp3) is 0.100. The van der Waals surface area contributed by atoms with Gasteiger partial charge in [-0.15, -0.1) is 0 Å². The standard InChI is InChI=1S/C10H5F3N2/c11-10(12,13)4-3-8-5-7(6-14)1-2-9(8)15/h1-2,5H,15H2. The van der Waals surface area contributed by atoms with E-state index in [1.165, 1.54) is 18.2 Å². The van der Waals surface area contributed by atoms with Crippen molar-refractivity contribution < 1.29 is 13.2 Å². The van der Waals surface area contributed by atoms with Gasteiger partial charge in [-0.1, -0.05) is 5.92 Å². The molecule has 0 fully saturated rings. The largest absolute Gasteiger partial charge is 0.458 e. The maximum atomic E-state index is 11.8. The molecule has 0 saturated heterocycles. The summed E-state index contributed by atoms with van der Waals surface area (Å²) < 4.78 is 35.3. The third-order valence-corrected chi connectivity index (χ3v) is 1.52. The average molecular weight is 210 g/mol. The summed E-state index contributed by atoms with van der Waals surface area (Å²) in [6.07, 6.45) is -4.56. The van der Waals surface area contributed by atoms with Gasteiger partial charge >= 0.3 is 6.18 Å². The summed E-state index contributed by atoms with van der Waals surface area (Å²) in [6.45, 7) is 0. The van der Waals surface area contributed by atoms with E-state index in [0.29, 0.717) is 0 Å². The van der Waals surface area contributed by atoms with Crippen LogP contribution in [0, 0.1) is 23.2 Å². The van der Waals surface area contributed by atoms with Crippen molar-refractivity contribution >= 4 is 5.69 Å². The lowest BCUT2D eigenvalue weighted by Crippen LogP contribution is -2.02. The Morgan fingerprint density at radius 2 is 1.93 bits per heavy atom. The van der Waals surface area contributed by atoms with Crippen LogP contribution >= 0.6 is 0 Å². The first kappa shape index (κ1) is 10.9. The Morgan fingerprint density at radius 3 is 2.47 bits per heavy atom. The zero-order valence-electron chi connectivity index (χ0n) is 7.39. The molecule has 0 bridgehead atoms. The molecule has 0 radical (unpaired) electrons. The molecular weight excluding hydrogens is 205 g/mol. The molecule has 0 spiro atoms. The molecule has 0 heterocycles. The summed E-state index contributed by atoms with van der Waals surface area (Å²) in [5.74, 6) is 2.97. The SMILES string of the molecule is N#Cc1ccc(N)c(C#CC(F)(F)F)c1. The summed E-state index contributed by atoms with van der Waals surface area (Å²) in [7, 11) is 0. The highest BCUT2D eigenvalue weighted by Crippen LogP contribution is 2.15. The molecule has 76 valence electrons. The average Bonchev–Trinajstić information content (AvgIpc) is 2.15. The van der Waals surface area contributed by atoms with Crippen LogP contribution in [0.2, 0.25) is 0 Å². The molecule has 0 aliphatic heterocycles. The lowest BCUT2D eigenvalue weighted by molar-refractivity contribution is -0.0696. The molecule has 2 nitrogen and oxygen atoms in total. The van der Waals surface area contributed by atoms with Gasteiger partial charge in [0.15, 0.2) is 0 Å². The molecule has 0 amide bonds. The Bertz CT molecular complexity index is 472. The summed E-state index contributed by atoms with van der Waals surface area (Å²) in [5.41, 5.74) is 5.73. The van der Waals surface area contributed by atoms with E-state index < -0.39 is 6.18 Å². The van der Waals surface area contributed by atoms with Gasteiger partial charge in [-0.05, 0) is 18.2 Å². The first-order chi connectivity index (χ1) is 6.92. The zero-order chi connectivity index (χ0) is 11.5. The molecule has 0 atom stereocenters. The van der Waals surface area contributed by atoms with Crippen molar-refractivity contribution in [2.24, 2.45) is 0 Å². The molecular formula is C10H5F3N2. The van der Waals surface area contributed by atoms with Crippen molar-refractivity contribution in [2.45, 2.75) is 6.18 Å². The first-order valence-corrected chi connectivity index (χ1v) is 3.82. The van der Waals surface area contributed by atoms with Crippen molar-refractivity contribution in [1.29, 1.82) is 5.26 Å². The first-order valence-electron chi connectivity index (χ1n) is 3.82. The number of hydrogen-bond donors (Lipinski definition) is 1. The number of halogens is 3. The number of anilines is 1. The molecule has 1 rings (SSSR count). The van der Waals surface area contributed by atoms with E-state index in [9.17, 15) is 13.2 Å². The van der Waals surface area contributed by atoms with Gasteiger partial charge in [0.05, 0.1) is 11.6 Å². The number of nitrogens with two attached hydrogens (primary N) is 1. The molecule has 1 aromatic rings. The Hall–Kier alpha value is -2.14. The van der Waals surface area contributed by atoms with Crippen LogP contribution in [-0.4, -0.2) is 6.18 Å². The lowest BCUT2D eigenvalue weighted by atomic mass is 10.1. The number of hydrogen-bond acceptors (Lipinski definition) is 2. The second-order valence-electron chi connectivity index (χ2n) is 2.66. The molecule has 0 saturated carbocycles. The minimum Gasteiger partial charge on any atom is -0.398 e. The number of alkyl halides is 3. The van der Waals surface area contributed by atoms with Crippen molar-refractivity contribution in [3.05, 3.63) is 29.3 Å². The molecule has 15 heavy (non-hydrogen) atoms. The normalized spacial score (nSPS) is 10.0. The molecule has 0 aliphatic rings. The van der Waals surface area contributed by atoms with Gasteiger partial charge in [-0.3, -0.25) is 0 Å². The molecule has 1 aromatic carbocycles. The number of nitrogens with zero attached hydrogens (tertiary/aromatic N) is 1. The summed E-state index contributed by atoms with van der Waals surface area (Å²) in [5, 5.41) is 8.52. The van der Waals surface area contributed by atoms with E-state index in [1.807, 2.05) is 5.92 Å². The highest BCUT2D eigenvalue weighted by atomic mass is 19.4. The number of benzene rings is 1. The van der Waals surface area contributed by atoms with Gasteiger partial charge < -0.3 is 5.73 Å². The van der Waals surface area contributed by atoms with Crippen molar-refractivity contribution in [3.63, 3.8) is 0 Å². The van der Waals surface area contributed by atoms with Crippen LogP contribution in [0.4, 0.5) is 18.9 Å². The number of rotatable bonds is 0. The third kappa shape index (κ3) is 3.24. The number of nitrogen functional groups attached to an aromatic ring is 1. The van der Waals surface area contributed by atoms with Gasteiger partial charge in [-0.25, -0.2) is 0 Å². The van der Waals surface area contributed by atoms with E-state index in [-0.39, 0.29) is 16.8 Å². The van der Waals surface area contributed by atoms with Crippen molar-refractivity contribution in [3.8, 4) is 17.9 Å². The quantitative estimate of drug-likeness (QED) is 0.526. The lowest BCUT2D eigenvalue weighted by Gasteiger charge is -1.98. The van der Waals surface area contributed by atoms with Gasteiger partial charge in [0.1, 0.15) is 0 Å². The topological polar surface area (TPSA) is 49.8 Å². The van der Waals surface area contributed by atoms with Crippen LogP contribution < -0.4 is 5.73 Å². The number of nitriles is 1. The highest BCUT2D eigenvalue weighted by molar-refractivity contribution is 5.58. The third-order valence-electron chi connectivity index (χ3n) is 1.52. The fourth-order valence-corrected chi connectivity index (χ4v) is 0.872. The summed E-state index contributed by atoms with van der Waals surface area (Å²) in [4.78, 5) is 0. The summed E-state index contributed by atoms with van der Waals surface area (Å²) in [6, 6.07) is 5.76.